The molecule has 0 radical (unpaired) electrons. The Kier molecular flexibility index (Phi) is 12.8. The largest absolute Gasteiger partial charge is 0.510 e. The van der Waals surface area contributed by atoms with Gasteiger partial charge in [-0.2, -0.15) is 12.1 Å². The molecule has 358 valence electrons. The summed E-state index contributed by atoms with van der Waals surface area (Å²) < 4.78 is 13.4. The number of rotatable bonds is 11. The molecule has 0 spiro atoms. The van der Waals surface area contributed by atoms with Crippen molar-refractivity contribution in [2.75, 3.05) is 0 Å². The number of ether oxygens (including phenoxy) is 1. The van der Waals surface area contributed by atoms with Crippen molar-refractivity contribution in [3.05, 3.63) is 259 Å². The van der Waals surface area contributed by atoms with Crippen LogP contribution in [0.2, 0.25) is 0 Å². The maximum atomic E-state index is 6.90. The molecule has 0 saturated heterocycles. The minimum absolute atomic E-state index is 0. The fourth-order valence-electron chi connectivity index (χ4n) is 9.89. The summed E-state index contributed by atoms with van der Waals surface area (Å²) >= 11 is 0. The van der Waals surface area contributed by atoms with Gasteiger partial charge >= 0.3 is 0 Å². The number of benzene rings is 8. The fraction of sp³-hybridized carbons (Fsp3) is 0.152. The van der Waals surface area contributed by atoms with Crippen LogP contribution in [0.3, 0.4) is 0 Å². The SMILES string of the molecule is CC(C)(C)c1cn(-c2[c-]c(Oc3[c-]c4c(cc3)c3ccccc3n4-c3cc(C(C)(C)c4ccccc4)ccn3)cc(-c3ccccc3)c2)[c-][n+]1-c1cc(-c2ccccc2)cc(C(C)(C)c2ccccc2)c1.[Pt]. The van der Waals surface area contributed by atoms with E-state index in [9.17, 15) is 0 Å². The molecule has 0 aliphatic rings. The number of hydrogen-bond donors (Lipinski definition) is 0. The van der Waals surface area contributed by atoms with Crippen LogP contribution in [0.5, 0.6) is 11.5 Å². The minimum Gasteiger partial charge on any atom is -0.510 e. The number of para-hydroxylation sites is 1. The van der Waals surface area contributed by atoms with Gasteiger partial charge in [0.25, 0.3) is 6.33 Å². The summed E-state index contributed by atoms with van der Waals surface area (Å²) in [4.78, 5) is 4.98. The zero-order valence-electron chi connectivity index (χ0n) is 41.7. The molecule has 0 saturated carbocycles. The number of pyridine rings is 1. The van der Waals surface area contributed by atoms with Crippen LogP contribution in [0.4, 0.5) is 0 Å². The summed E-state index contributed by atoms with van der Waals surface area (Å²) in [7, 11) is 0. The van der Waals surface area contributed by atoms with Crippen LogP contribution in [0.15, 0.2) is 213 Å². The molecule has 3 aromatic heterocycles. The van der Waals surface area contributed by atoms with Gasteiger partial charge in [0.05, 0.1) is 11.4 Å². The minimum atomic E-state index is -0.274. The van der Waals surface area contributed by atoms with Crippen LogP contribution in [-0.4, -0.2) is 14.1 Å². The van der Waals surface area contributed by atoms with Crippen molar-refractivity contribution < 1.29 is 30.4 Å². The first-order chi connectivity index (χ1) is 34.3. The summed E-state index contributed by atoms with van der Waals surface area (Å²) in [6, 6.07) is 78.0. The topological polar surface area (TPSA) is 35.9 Å². The summed E-state index contributed by atoms with van der Waals surface area (Å²) in [6.45, 7) is 15.9. The van der Waals surface area contributed by atoms with Crippen molar-refractivity contribution in [2.45, 2.75) is 64.7 Å². The molecule has 8 aromatic carbocycles. The van der Waals surface area contributed by atoms with Crippen LogP contribution in [0.25, 0.3) is 61.3 Å². The molecule has 0 aliphatic carbocycles. The second-order valence-corrected chi connectivity index (χ2v) is 20.6. The number of hydrogen-bond acceptors (Lipinski definition) is 2. The molecule has 0 amide bonds. The fourth-order valence-corrected chi connectivity index (χ4v) is 9.89. The third-order valence-corrected chi connectivity index (χ3v) is 14.1. The zero-order chi connectivity index (χ0) is 48.9. The van der Waals surface area contributed by atoms with Crippen molar-refractivity contribution in [2.24, 2.45) is 0 Å². The van der Waals surface area contributed by atoms with E-state index in [-0.39, 0.29) is 37.3 Å². The Morgan fingerprint density at radius 2 is 1.07 bits per heavy atom. The van der Waals surface area contributed by atoms with Gasteiger partial charge in [0.1, 0.15) is 5.82 Å². The van der Waals surface area contributed by atoms with E-state index in [0.717, 1.165) is 66.9 Å². The molecule has 0 aliphatic heterocycles. The number of nitrogens with zero attached hydrogens (tertiary/aromatic N) is 4. The van der Waals surface area contributed by atoms with Gasteiger partial charge in [-0.05, 0) is 85.8 Å². The standard InChI is InChI=1S/C66H56N4O.Pt/c1-64(2,3)62-44-68(45-69(62)55-38-48(46-22-12-8-13-23-46)36-53(40-55)66(6,7)51-28-18-11-19-29-51)54-37-49(47-24-14-9-15-25-47)39-57(42-54)71-56-32-33-59-58-30-20-21-31-60(58)70(61(59)43-56)63-41-52(34-35-67-63)65(4,5)50-26-16-10-17-27-50;/h8-41,44H,1-7H3;/q-2;. The molecular formula is C66H56N4OPt-2. The third-order valence-electron chi connectivity index (χ3n) is 14.1. The van der Waals surface area contributed by atoms with E-state index in [0.29, 0.717) is 11.5 Å². The van der Waals surface area contributed by atoms with E-state index >= 15 is 0 Å². The zero-order valence-corrected chi connectivity index (χ0v) is 44.0. The van der Waals surface area contributed by atoms with Gasteiger partial charge in [0.15, 0.2) is 0 Å². The molecule has 11 aromatic rings. The maximum absolute atomic E-state index is 6.90. The first-order valence-corrected chi connectivity index (χ1v) is 24.4. The van der Waals surface area contributed by atoms with Gasteiger partial charge in [0.2, 0.25) is 0 Å². The maximum Gasteiger partial charge on any atom is 0.267 e. The normalized spacial score (nSPS) is 12.0. The van der Waals surface area contributed by atoms with E-state index < -0.39 is 0 Å². The Balaban J connectivity index is 0.00000596. The Bertz CT molecular complexity index is 3700. The molecule has 11 rings (SSSR count). The molecule has 0 unspecified atom stereocenters. The molecule has 6 heteroatoms. The molecule has 0 N–H and O–H groups in total. The molecule has 0 atom stereocenters. The van der Waals surface area contributed by atoms with Crippen molar-refractivity contribution >= 4 is 21.8 Å². The summed E-state index contributed by atoms with van der Waals surface area (Å²) in [6.07, 6.45) is 7.92. The van der Waals surface area contributed by atoms with Crippen LogP contribution >= 0.6 is 0 Å². The number of fused-ring (bicyclic) bond motifs is 3. The predicted molar refractivity (Wildman–Crippen MR) is 289 cm³/mol. The Morgan fingerprint density at radius 1 is 0.486 bits per heavy atom. The van der Waals surface area contributed by atoms with E-state index in [1.165, 1.54) is 22.3 Å². The van der Waals surface area contributed by atoms with E-state index in [4.69, 9.17) is 9.72 Å². The van der Waals surface area contributed by atoms with Crippen LogP contribution < -0.4 is 9.30 Å². The van der Waals surface area contributed by atoms with Crippen molar-refractivity contribution in [1.29, 1.82) is 0 Å². The molecular weight excluding hydrogens is 1060 g/mol. The monoisotopic (exact) mass is 1120 g/mol. The molecule has 0 fully saturated rings. The van der Waals surface area contributed by atoms with Gasteiger partial charge in [-0.15, -0.1) is 35.2 Å². The van der Waals surface area contributed by atoms with Crippen LogP contribution in [0, 0.1) is 18.5 Å². The third kappa shape index (κ3) is 9.15. The van der Waals surface area contributed by atoms with Crippen molar-refractivity contribution in [1.82, 2.24) is 14.1 Å². The van der Waals surface area contributed by atoms with Gasteiger partial charge in [-0.25, -0.2) is 4.98 Å². The average molecular weight is 1120 g/mol. The number of imidazole rings is 1. The Labute approximate surface area is 438 Å². The van der Waals surface area contributed by atoms with Crippen molar-refractivity contribution in [3.63, 3.8) is 0 Å². The smallest absolute Gasteiger partial charge is 0.267 e. The molecule has 5 nitrogen and oxygen atoms in total. The average Bonchev–Trinajstić information content (AvgIpc) is 4.01. The van der Waals surface area contributed by atoms with E-state index in [1.54, 1.807) is 0 Å². The molecule has 3 heterocycles. The first-order valence-electron chi connectivity index (χ1n) is 24.4. The van der Waals surface area contributed by atoms with Crippen molar-refractivity contribution in [3.8, 4) is 50.9 Å². The summed E-state index contributed by atoms with van der Waals surface area (Å²) in [5, 5.41) is 2.19. The Hall–Kier alpha value is -7.59. The van der Waals surface area contributed by atoms with E-state index in [2.05, 4.69) is 275 Å². The second-order valence-electron chi connectivity index (χ2n) is 20.6. The van der Waals surface area contributed by atoms with Gasteiger partial charge < -0.3 is 13.9 Å². The van der Waals surface area contributed by atoms with Crippen LogP contribution in [-0.2, 0) is 37.3 Å². The van der Waals surface area contributed by atoms with Gasteiger partial charge in [-0.3, -0.25) is 4.57 Å². The Morgan fingerprint density at radius 3 is 1.71 bits per heavy atom. The molecule has 0 bridgehead atoms. The van der Waals surface area contributed by atoms with Crippen LogP contribution in [0.1, 0.15) is 76.4 Å². The number of aromatic nitrogens is 4. The summed E-state index contributed by atoms with van der Waals surface area (Å²) in [5.41, 5.74) is 13.4. The van der Waals surface area contributed by atoms with Gasteiger partial charge in [0, 0.05) is 61.3 Å². The molecule has 72 heavy (non-hydrogen) atoms. The van der Waals surface area contributed by atoms with E-state index in [1.807, 2.05) is 18.3 Å². The quantitative estimate of drug-likeness (QED) is 0.0956. The predicted octanol–water partition coefficient (Wildman–Crippen LogP) is 15.7. The second kappa shape index (κ2) is 19.2. The first kappa shape index (κ1) is 48.1. The van der Waals surface area contributed by atoms with Gasteiger partial charge in [-0.1, -0.05) is 200 Å². The summed E-state index contributed by atoms with van der Waals surface area (Å²) in [5.74, 6) is 1.96.